The Morgan fingerprint density at radius 2 is 1.80 bits per heavy atom. The highest BCUT2D eigenvalue weighted by atomic mass is 16.4. The molecule has 0 saturated heterocycles. The Bertz CT molecular complexity index is 366. The van der Waals surface area contributed by atoms with E-state index in [2.05, 4.69) is 20.9 Å². The average molecular weight is 285 g/mol. The number of carboxylic acids is 1. The van der Waals surface area contributed by atoms with Gasteiger partial charge in [0.2, 0.25) is 0 Å². The van der Waals surface area contributed by atoms with Gasteiger partial charge in [-0.25, -0.2) is 4.79 Å². The van der Waals surface area contributed by atoms with Crippen LogP contribution in [0.15, 0.2) is 10.2 Å². The summed E-state index contributed by atoms with van der Waals surface area (Å²) < 4.78 is 0. The van der Waals surface area contributed by atoms with E-state index in [1.54, 1.807) is 0 Å². The molecule has 1 atom stereocenters. The van der Waals surface area contributed by atoms with Crippen molar-refractivity contribution in [3.8, 4) is 0 Å². The fourth-order valence-electron chi connectivity index (χ4n) is 1.69. The number of hydrogen-bond acceptors (Lipinski definition) is 5. The van der Waals surface area contributed by atoms with E-state index >= 15 is 0 Å². The van der Waals surface area contributed by atoms with E-state index in [1.165, 1.54) is 0 Å². The molecule has 0 spiro atoms. The van der Waals surface area contributed by atoms with E-state index in [0.717, 1.165) is 12.8 Å². The van der Waals surface area contributed by atoms with Gasteiger partial charge >= 0.3 is 12.0 Å². The Kier molecular flexibility index (Phi) is 6.37. The molecule has 2 amide bonds. The number of urea groups is 1. The number of nitrogens with two attached hydrogens (primary N) is 1. The molecule has 1 heterocycles. The van der Waals surface area contributed by atoms with Crippen LogP contribution in [0.5, 0.6) is 0 Å². The maximum Gasteiger partial charge on any atom is 0.320 e. The SMILES string of the molecule is CC1(CCCNC(=O)NCCCCC(N)C(=O)O)N=N1. The fraction of sp³-hybridized carbons (Fsp3) is 0.833. The predicted molar refractivity (Wildman–Crippen MR) is 73.4 cm³/mol. The molecule has 8 nitrogen and oxygen atoms in total. The summed E-state index contributed by atoms with van der Waals surface area (Å²) in [6, 6.07) is -1.02. The second-order valence-electron chi connectivity index (χ2n) is 5.14. The van der Waals surface area contributed by atoms with Crippen LogP contribution in [0.1, 0.15) is 39.0 Å². The van der Waals surface area contributed by atoms with Crippen molar-refractivity contribution >= 4 is 12.0 Å². The van der Waals surface area contributed by atoms with Crippen LogP contribution < -0.4 is 16.4 Å². The van der Waals surface area contributed by atoms with Crippen LogP contribution in [-0.2, 0) is 4.79 Å². The van der Waals surface area contributed by atoms with Gasteiger partial charge < -0.3 is 21.5 Å². The number of nitrogens with zero attached hydrogens (tertiary/aromatic N) is 2. The van der Waals surface area contributed by atoms with E-state index in [4.69, 9.17) is 10.8 Å². The number of aliphatic carboxylic acids is 1. The van der Waals surface area contributed by atoms with E-state index < -0.39 is 12.0 Å². The van der Waals surface area contributed by atoms with Crippen LogP contribution in [0.3, 0.4) is 0 Å². The fourth-order valence-corrected chi connectivity index (χ4v) is 1.69. The second-order valence-corrected chi connectivity index (χ2v) is 5.14. The Morgan fingerprint density at radius 1 is 1.20 bits per heavy atom. The molecule has 114 valence electrons. The van der Waals surface area contributed by atoms with Gasteiger partial charge in [-0.2, -0.15) is 10.2 Å². The van der Waals surface area contributed by atoms with Crippen LogP contribution in [-0.4, -0.2) is 41.9 Å². The summed E-state index contributed by atoms with van der Waals surface area (Å²) in [6.45, 7) is 3.06. The minimum Gasteiger partial charge on any atom is -0.480 e. The predicted octanol–water partition coefficient (Wildman–Crippen LogP) is 0.830. The Balaban J connectivity index is 1.88. The molecule has 8 heteroatoms. The first-order chi connectivity index (χ1) is 9.43. The van der Waals surface area contributed by atoms with Crippen molar-refractivity contribution in [2.24, 2.45) is 16.0 Å². The molecule has 1 aliphatic rings. The monoisotopic (exact) mass is 285 g/mol. The highest BCUT2D eigenvalue weighted by Crippen LogP contribution is 2.31. The zero-order valence-corrected chi connectivity index (χ0v) is 11.8. The van der Waals surface area contributed by atoms with Crippen molar-refractivity contribution < 1.29 is 14.7 Å². The van der Waals surface area contributed by atoms with Gasteiger partial charge in [0.05, 0.1) is 0 Å². The normalized spacial score (nSPS) is 16.5. The third-order valence-electron chi connectivity index (χ3n) is 3.10. The van der Waals surface area contributed by atoms with Crippen LogP contribution in [0, 0.1) is 0 Å². The lowest BCUT2D eigenvalue weighted by molar-refractivity contribution is -0.138. The molecule has 20 heavy (non-hydrogen) atoms. The van der Waals surface area contributed by atoms with Crippen molar-refractivity contribution in [2.45, 2.75) is 50.7 Å². The molecular formula is C12H23N5O3. The molecule has 1 unspecified atom stereocenters. The number of carbonyl (C=O) groups excluding carboxylic acids is 1. The molecule has 1 rings (SSSR count). The van der Waals surface area contributed by atoms with Crippen LogP contribution in [0.25, 0.3) is 0 Å². The molecule has 0 saturated carbocycles. The molecule has 1 aliphatic heterocycles. The van der Waals surface area contributed by atoms with E-state index in [0.29, 0.717) is 32.4 Å². The lowest BCUT2D eigenvalue weighted by Crippen LogP contribution is -2.37. The average Bonchev–Trinajstić information content (AvgIpc) is 3.12. The lowest BCUT2D eigenvalue weighted by Gasteiger charge is -2.09. The number of rotatable bonds is 10. The highest BCUT2D eigenvalue weighted by Gasteiger charge is 2.32. The topological polar surface area (TPSA) is 129 Å². The minimum absolute atomic E-state index is 0.206. The lowest BCUT2D eigenvalue weighted by atomic mass is 10.1. The van der Waals surface area contributed by atoms with Gasteiger partial charge in [-0.3, -0.25) is 4.79 Å². The van der Waals surface area contributed by atoms with E-state index in [1.807, 2.05) is 6.92 Å². The van der Waals surface area contributed by atoms with Gasteiger partial charge in [0, 0.05) is 13.1 Å². The molecule has 0 aromatic carbocycles. The number of amides is 2. The maximum atomic E-state index is 11.4. The zero-order valence-electron chi connectivity index (χ0n) is 11.8. The van der Waals surface area contributed by atoms with Gasteiger partial charge in [-0.1, -0.05) is 0 Å². The molecule has 5 N–H and O–H groups in total. The third kappa shape index (κ3) is 7.03. The summed E-state index contributed by atoms with van der Waals surface area (Å²) in [7, 11) is 0. The molecule has 0 aromatic rings. The number of nitrogens with one attached hydrogen (secondary N) is 2. The minimum atomic E-state index is -0.987. The number of carboxylic acid groups (broad SMARTS) is 1. The summed E-state index contributed by atoms with van der Waals surface area (Å²) >= 11 is 0. The van der Waals surface area contributed by atoms with Crippen molar-refractivity contribution in [3.63, 3.8) is 0 Å². The summed E-state index contributed by atoms with van der Waals surface area (Å²) in [6.07, 6.45) is 3.49. The summed E-state index contributed by atoms with van der Waals surface area (Å²) in [5.74, 6) is -0.987. The Labute approximate surface area is 118 Å². The Morgan fingerprint density at radius 3 is 2.35 bits per heavy atom. The van der Waals surface area contributed by atoms with Gasteiger partial charge in [0.15, 0.2) is 5.66 Å². The largest absolute Gasteiger partial charge is 0.480 e. The second kappa shape index (κ2) is 7.78. The van der Waals surface area contributed by atoms with Gasteiger partial charge in [-0.15, -0.1) is 0 Å². The third-order valence-corrected chi connectivity index (χ3v) is 3.10. The van der Waals surface area contributed by atoms with E-state index in [9.17, 15) is 9.59 Å². The van der Waals surface area contributed by atoms with Crippen LogP contribution in [0.4, 0.5) is 4.79 Å². The highest BCUT2D eigenvalue weighted by molar-refractivity contribution is 5.73. The molecular weight excluding hydrogens is 262 g/mol. The summed E-state index contributed by atoms with van der Waals surface area (Å²) in [4.78, 5) is 21.9. The smallest absolute Gasteiger partial charge is 0.320 e. The van der Waals surface area contributed by atoms with Gasteiger partial charge in [-0.05, 0) is 39.0 Å². The molecule has 0 fully saturated rings. The first-order valence-corrected chi connectivity index (χ1v) is 6.87. The van der Waals surface area contributed by atoms with Crippen LogP contribution >= 0.6 is 0 Å². The molecule has 0 aromatic heterocycles. The molecule has 0 radical (unpaired) electrons. The number of hydrogen-bond donors (Lipinski definition) is 4. The summed E-state index contributed by atoms with van der Waals surface area (Å²) in [5, 5.41) is 21.8. The quantitative estimate of drug-likeness (QED) is 0.443. The summed E-state index contributed by atoms with van der Waals surface area (Å²) in [5.41, 5.74) is 5.16. The van der Waals surface area contributed by atoms with Gasteiger partial charge in [0.1, 0.15) is 6.04 Å². The first-order valence-electron chi connectivity index (χ1n) is 6.87. The standard InChI is InChI=1S/C12H23N5O3/c1-12(16-17-12)6-4-8-15-11(20)14-7-3-2-5-9(13)10(18)19/h9H,2-8,13H2,1H3,(H,18,19)(H2,14,15,20). The molecule has 0 aliphatic carbocycles. The first kappa shape index (κ1) is 16.4. The number of unbranched alkanes of at least 4 members (excludes halogenated alkanes) is 1. The zero-order chi connectivity index (χ0) is 15.0. The molecule has 0 bridgehead atoms. The van der Waals surface area contributed by atoms with Crippen molar-refractivity contribution in [3.05, 3.63) is 0 Å². The maximum absolute atomic E-state index is 11.4. The van der Waals surface area contributed by atoms with Crippen molar-refractivity contribution in [1.82, 2.24) is 10.6 Å². The van der Waals surface area contributed by atoms with E-state index in [-0.39, 0.29) is 11.7 Å². The van der Waals surface area contributed by atoms with Gasteiger partial charge in [0.25, 0.3) is 0 Å². The van der Waals surface area contributed by atoms with Crippen molar-refractivity contribution in [2.75, 3.05) is 13.1 Å². The van der Waals surface area contributed by atoms with Crippen molar-refractivity contribution in [1.29, 1.82) is 0 Å². The number of carbonyl (C=O) groups is 2. The van der Waals surface area contributed by atoms with Crippen LogP contribution in [0.2, 0.25) is 0 Å². The Hall–Kier alpha value is -1.70.